The fourth-order valence-electron chi connectivity index (χ4n) is 2.40. The Morgan fingerprint density at radius 2 is 1.88 bits per heavy atom. The third-order valence-corrected chi connectivity index (χ3v) is 3.60. The Labute approximate surface area is 145 Å². The summed E-state index contributed by atoms with van der Waals surface area (Å²) >= 11 is 0. The van der Waals surface area contributed by atoms with Crippen molar-refractivity contribution in [1.29, 1.82) is 0 Å². The van der Waals surface area contributed by atoms with Crippen molar-refractivity contribution in [2.75, 3.05) is 14.2 Å². The lowest BCUT2D eigenvalue weighted by Gasteiger charge is -2.09. The van der Waals surface area contributed by atoms with E-state index < -0.39 is 5.97 Å². The number of esters is 1. The number of allylic oxidation sites excluding steroid dienone is 1. The molecule has 1 aromatic heterocycles. The van der Waals surface area contributed by atoms with Gasteiger partial charge in [0, 0.05) is 5.56 Å². The number of cyclic esters (lactones) is 1. The van der Waals surface area contributed by atoms with Crippen LogP contribution in [0.2, 0.25) is 0 Å². The van der Waals surface area contributed by atoms with Crippen molar-refractivity contribution in [3.8, 4) is 23.5 Å². The van der Waals surface area contributed by atoms with E-state index in [1.807, 2.05) is 12.1 Å². The number of carbonyl (C=O) groups excluding carboxylic acids is 1. The lowest BCUT2D eigenvalue weighted by molar-refractivity contribution is 0.0713. The number of fused-ring (bicyclic) bond motifs is 1. The predicted octanol–water partition coefficient (Wildman–Crippen LogP) is 3.60. The van der Waals surface area contributed by atoms with E-state index in [1.54, 1.807) is 12.1 Å². The van der Waals surface area contributed by atoms with E-state index in [0.717, 1.165) is 12.8 Å². The van der Waals surface area contributed by atoms with Crippen LogP contribution in [0.4, 0.5) is 0 Å². The largest absolute Gasteiger partial charge is 0.481 e. The van der Waals surface area contributed by atoms with E-state index in [0.29, 0.717) is 34.4 Å². The van der Waals surface area contributed by atoms with E-state index >= 15 is 0 Å². The molecule has 1 aliphatic rings. The number of nitrogens with zero attached hydrogens (tertiary/aromatic N) is 2. The number of carbonyl (C=O) groups is 1. The Morgan fingerprint density at radius 3 is 2.52 bits per heavy atom. The van der Waals surface area contributed by atoms with Crippen molar-refractivity contribution in [1.82, 2.24) is 9.97 Å². The summed E-state index contributed by atoms with van der Waals surface area (Å²) in [4.78, 5) is 20.5. The summed E-state index contributed by atoms with van der Waals surface area (Å²) in [5.41, 5.74) is 1.06. The van der Waals surface area contributed by atoms with Crippen LogP contribution >= 0.6 is 0 Å². The highest BCUT2D eigenvalue weighted by atomic mass is 16.5. The highest BCUT2D eigenvalue weighted by Crippen LogP contribution is 2.37. The SMILES string of the molecule is CCC/C=C1/OC(=O)c2c(Oc3nc(OC)cc(OC)n3)cccc21. The second-order valence-corrected chi connectivity index (χ2v) is 5.26. The third-order valence-electron chi connectivity index (χ3n) is 3.60. The van der Waals surface area contributed by atoms with Gasteiger partial charge < -0.3 is 18.9 Å². The maximum Gasteiger partial charge on any atom is 0.348 e. The molecule has 0 saturated heterocycles. The summed E-state index contributed by atoms with van der Waals surface area (Å²) in [6.45, 7) is 2.06. The normalized spacial score (nSPS) is 14.2. The van der Waals surface area contributed by atoms with Crippen LogP contribution in [0.1, 0.15) is 35.7 Å². The van der Waals surface area contributed by atoms with Gasteiger partial charge in [-0.3, -0.25) is 0 Å². The summed E-state index contributed by atoms with van der Waals surface area (Å²) in [5.74, 6) is 0.998. The van der Waals surface area contributed by atoms with Gasteiger partial charge in [0.05, 0.1) is 20.3 Å². The zero-order valence-electron chi connectivity index (χ0n) is 14.2. The number of hydrogen-bond donors (Lipinski definition) is 0. The van der Waals surface area contributed by atoms with Crippen LogP contribution in [-0.4, -0.2) is 30.2 Å². The predicted molar refractivity (Wildman–Crippen MR) is 90.0 cm³/mol. The highest BCUT2D eigenvalue weighted by molar-refractivity contribution is 6.05. The molecule has 2 heterocycles. The molecule has 0 N–H and O–H groups in total. The van der Waals surface area contributed by atoms with Gasteiger partial charge in [0.1, 0.15) is 17.1 Å². The zero-order valence-corrected chi connectivity index (χ0v) is 14.2. The Kier molecular flexibility index (Phi) is 4.83. The van der Waals surface area contributed by atoms with Crippen molar-refractivity contribution in [2.24, 2.45) is 0 Å². The number of rotatable bonds is 6. The standard InChI is InChI=1S/C18H18N2O5/c1-4-5-8-12-11-7-6-9-13(16(11)17(21)24-12)25-18-19-14(22-2)10-15(20-18)23-3/h6-10H,4-5H2,1-3H3/b12-8+. The molecule has 1 aliphatic heterocycles. The average molecular weight is 342 g/mol. The molecule has 25 heavy (non-hydrogen) atoms. The smallest absolute Gasteiger partial charge is 0.348 e. The molecule has 3 rings (SSSR count). The fourth-order valence-corrected chi connectivity index (χ4v) is 2.40. The van der Waals surface area contributed by atoms with Gasteiger partial charge >= 0.3 is 12.0 Å². The van der Waals surface area contributed by atoms with E-state index in [4.69, 9.17) is 18.9 Å². The van der Waals surface area contributed by atoms with E-state index in [9.17, 15) is 4.79 Å². The van der Waals surface area contributed by atoms with Gasteiger partial charge in [0.2, 0.25) is 11.8 Å². The van der Waals surface area contributed by atoms with E-state index in [-0.39, 0.29) is 6.01 Å². The van der Waals surface area contributed by atoms with Gasteiger partial charge in [-0.1, -0.05) is 25.5 Å². The maximum absolute atomic E-state index is 12.3. The minimum absolute atomic E-state index is 0.0170. The Hall–Kier alpha value is -3.09. The summed E-state index contributed by atoms with van der Waals surface area (Å²) in [7, 11) is 2.96. The molecule has 0 atom stereocenters. The van der Waals surface area contributed by atoms with E-state index in [2.05, 4.69) is 16.9 Å². The van der Waals surface area contributed by atoms with Crippen LogP contribution < -0.4 is 14.2 Å². The Balaban J connectivity index is 1.98. The molecule has 2 aromatic rings. The van der Waals surface area contributed by atoms with Crippen LogP contribution in [0.3, 0.4) is 0 Å². The molecule has 0 saturated carbocycles. The van der Waals surface area contributed by atoms with Crippen molar-refractivity contribution in [3.05, 3.63) is 41.5 Å². The van der Waals surface area contributed by atoms with Crippen LogP contribution in [0.25, 0.3) is 5.76 Å². The first-order chi connectivity index (χ1) is 12.2. The lowest BCUT2D eigenvalue weighted by Crippen LogP contribution is -2.01. The van der Waals surface area contributed by atoms with Gasteiger partial charge in [-0.2, -0.15) is 9.97 Å². The molecule has 1 aromatic carbocycles. The third kappa shape index (κ3) is 3.40. The topological polar surface area (TPSA) is 79.8 Å². The van der Waals surface area contributed by atoms with Crippen molar-refractivity contribution in [2.45, 2.75) is 19.8 Å². The first kappa shape index (κ1) is 16.8. The Bertz CT molecular complexity index is 810. The Morgan fingerprint density at radius 1 is 1.16 bits per heavy atom. The van der Waals surface area contributed by atoms with Gasteiger partial charge in [0.25, 0.3) is 0 Å². The highest BCUT2D eigenvalue weighted by Gasteiger charge is 2.30. The fraction of sp³-hybridized carbons (Fsp3) is 0.278. The summed E-state index contributed by atoms with van der Waals surface area (Å²) < 4.78 is 21.3. The minimum Gasteiger partial charge on any atom is -0.481 e. The summed E-state index contributed by atoms with van der Waals surface area (Å²) in [6.07, 6.45) is 3.69. The van der Waals surface area contributed by atoms with Crippen LogP contribution in [0.15, 0.2) is 30.3 Å². The molecule has 7 nitrogen and oxygen atoms in total. The second-order valence-electron chi connectivity index (χ2n) is 5.26. The molecule has 0 unspecified atom stereocenters. The molecule has 7 heteroatoms. The molecular formula is C18H18N2O5. The van der Waals surface area contributed by atoms with Gasteiger partial charge in [-0.25, -0.2) is 4.79 Å². The van der Waals surface area contributed by atoms with Gasteiger partial charge in [-0.05, 0) is 18.6 Å². The number of ether oxygens (including phenoxy) is 4. The van der Waals surface area contributed by atoms with E-state index in [1.165, 1.54) is 20.3 Å². The van der Waals surface area contributed by atoms with Crippen molar-refractivity contribution < 1.29 is 23.7 Å². The molecule has 0 spiro atoms. The first-order valence-corrected chi connectivity index (χ1v) is 7.87. The second kappa shape index (κ2) is 7.21. The number of hydrogen-bond acceptors (Lipinski definition) is 7. The number of benzene rings is 1. The van der Waals surface area contributed by atoms with Crippen LogP contribution in [0.5, 0.6) is 23.5 Å². The molecule has 130 valence electrons. The maximum atomic E-state index is 12.3. The first-order valence-electron chi connectivity index (χ1n) is 7.87. The van der Waals surface area contributed by atoms with Gasteiger partial charge in [-0.15, -0.1) is 0 Å². The molecule has 0 fully saturated rings. The monoisotopic (exact) mass is 342 g/mol. The molecule has 0 radical (unpaired) electrons. The zero-order chi connectivity index (χ0) is 17.8. The quantitative estimate of drug-likeness (QED) is 0.742. The van der Waals surface area contributed by atoms with Crippen molar-refractivity contribution >= 4 is 11.7 Å². The summed E-state index contributed by atoms with van der Waals surface area (Å²) in [6, 6.07) is 6.82. The number of methoxy groups -OCH3 is 2. The number of unbranched alkanes of at least 4 members (excludes halogenated alkanes) is 1. The van der Waals surface area contributed by atoms with Gasteiger partial charge in [0.15, 0.2) is 0 Å². The average Bonchev–Trinajstić information content (AvgIpc) is 2.96. The minimum atomic E-state index is -0.456. The van der Waals surface area contributed by atoms with Crippen LogP contribution in [0, 0.1) is 0 Å². The number of aromatic nitrogens is 2. The van der Waals surface area contributed by atoms with Crippen molar-refractivity contribution in [3.63, 3.8) is 0 Å². The molecule has 0 aliphatic carbocycles. The van der Waals surface area contributed by atoms with Crippen LogP contribution in [-0.2, 0) is 4.74 Å². The molecular weight excluding hydrogens is 324 g/mol. The lowest BCUT2D eigenvalue weighted by atomic mass is 10.1. The molecule has 0 amide bonds. The molecule has 0 bridgehead atoms. The summed E-state index contributed by atoms with van der Waals surface area (Å²) in [5, 5.41) is 0.